The fourth-order valence-electron chi connectivity index (χ4n) is 2.45. The van der Waals surface area contributed by atoms with E-state index in [0.29, 0.717) is 17.9 Å². The van der Waals surface area contributed by atoms with Gasteiger partial charge in [0, 0.05) is 13.2 Å². The lowest BCUT2D eigenvalue weighted by Gasteiger charge is -2.20. The van der Waals surface area contributed by atoms with Crippen molar-refractivity contribution in [1.29, 1.82) is 0 Å². The summed E-state index contributed by atoms with van der Waals surface area (Å²) in [5.74, 6) is 2.05. The molecule has 0 bridgehead atoms. The average molecular weight is 228 g/mol. The van der Waals surface area contributed by atoms with Gasteiger partial charge in [-0.2, -0.15) is 0 Å². The number of ether oxygens (including phenoxy) is 1. The van der Waals surface area contributed by atoms with Crippen LogP contribution in [-0.2, 0) is 4.74 Å². The van der Waals surface area contributed by atoms with E-state index in [-0.39, 0.29) is 0 Å². The molecule has 16 heavy (non-hydrogen) atoms. The summed E-state index contributed by atoms with van der Waals surface area (Å²) in [6.07, 6.45) is 2.85. The Morgan fingerprint density at radius 2 is 2.19 bits per heavy atom. The highest BCUT2D eigenvalue weighted by Crippen LogP contribution is 2.19. The molecule has 0 saturated carbocycles. The van der Waals surface area contributed by atoms with E-state index in [1.165, 1.54) is 12.8 Å². The first-order valence-electron chi connectivity index (χ1n) is 6.65. The standard InChI is InChI=1S/C13H28N2O/c1-10(2)6-12(7-14)8-15-9-13-4-5-16-11(13)3/h10-13,15H,4-9,14H2,1-3H3. The van der Waals surface area contributed by atoms with Crippen LogP contribution >= 0.6 is 0 Å². The molecule has 1 saturated heterocycles. The Kier molecular flexibility index (Phi) is 6.32. The Morgan fingerprint density at radius 1 is 1.44 bits per heavy atom. The molecular weight excluding hydrogens is 200 g/mol. The summed E-state index contributed by atoms with van der Waals surface area (Å²) in [6.45, 7) is 10.5. The van der Waals surface area contributed by atoms with E-state index >= 15 is 0 Å². The van der Waals surface area contributed by atoms with Crippen molar-refractivity contribution in [2.75, 3.05) is 26.2 Å². The minimum Gasteiger partial charge on any atom is -0.378 e. The topological polar surface area (TPSA) is 47.3 Å². The van der Waals surface area contributed by atoms with E-state index in [1.54, 1.807) is 0 Å². The predicted molar refractivity (Wildman–Crippen MR) is 68.4 cm³/mol. The van der Waals surface area contributed by atoms with Crippen molar-refractivity contribution in [3.8, 4) is 0 Å². The molecule has 0 aliphatic carbocycles. The van der Waals surface area contributed by atoms with Gasteiger partial charge in [0.15, 0.2) is 0 Å². The smallest absolute Gasteiger partial charge is 0.0588 e. The monoisotopic (exact) mass is 228 g/mol. The van der Waals surface area contributed by atoms with Gasteiger partial charge in [0.05, 0.1) is 6.10 Å². The lowest BCUT2D eigenvalue weighted by atomic mass is 9.96. The minimum atomic E-state index is 0.425. The number of nitrogens with two attached hydrogens (primary N) is 1. The van der Waals surface area contributed by atoms with Gasteiger partial charge in [-0.05, 0) is 50.6 Å². The maximum Gasteiger partial charge on any atom is 0.0588 e. The number of nitrogens with one attached hydrogen (secondary N) is 1. The molecule has 1 heterocycles. The predicted octanol–water partition coefficient (Wildman–Crippen LogP) is 1.62. The second-order valence-corrected chi connectivity index (χ2v) is 5.51. The molecule has 1 aliphatic rings. The normalized spacial score (nSPS) is 27.6. The first-order valence-corrected chi connectivity index (χ1v) is 6.65. The summed E-state index contributed by atoms with van der Waals surface area (Å²) in [5, 5.41) is 3.55. The molecule has 0 radical (unpaired) electrons. The number of hydrogen-bond acceptors (Lipinski definition) is 3. The molecule has 0 aromatic rings. The van der Waals surface area contributed by atoms with Crippen LogP contribution in [-0.4, -0.2) is 32.3 Å². The van der Waals surface area contributed by atoms with Gasteiger partial charge in [-0.25, -0.2) is 0 Å². The number of hydrogen-bond donors (Lipinski definition) is 2. The van der Waals surface area contributed by atoms with Gasteiger partial charge in [0.25, 0.3) is 0 Å². The quantitative estimate of drug-likeness (QED) is 0.696. The van der Waals surface area contributed by atoms with Crippen LogP contribution in [0.2, 0.25) is 0 Å². The van der Waals surface area contributed by atoms with E-state index in [4.69, 9.17) is 10.5 Å². The van der Waals surface area contributed by atoms with Crippen molar-refractivity contribution in [2.45, 2.75) is 39.7 Å². The maximum absolute atomic E-state index is 5.78. The van der Waals surface area contributed by atoms with Gasteiger partial charge in [-0.1, -0.05) is 13.8 Å². The van der Waals surface area contributed by atoms with Crippen molar-refractivity contribution in [3.05, 3.63) is 0 Å². The van der Waals surface area contributed by atoms with Gasteiger partial charge < -0.3 is 15.8 Å². The Labute approximate surface area is 100 Å². The Morgan fingerprint density at radius 3 is 2.69 bits per heavy atom. The van der Waals surface area contributed by atoms with Crippen molar-refractivity contribution >= 4 is 0 Å². The third-order valence-corrected chi connectivity index (χ3v) is 3.51. The average Bonchev–Trinajstić information content (AvgIpc) is 2.62. The Bertz CT molecular complexity index is 185. The summed E-state index contributed by atoms with van der Waals surface area (Å²) >= 11 is 0. The Hall–Kier alpha value is -0.120. The van der Waals surface area contributed by atoms with E-state index in [0.717, 1.165) is 32.2 Å². The second kappa shape index (κ2) is 7.25. The van der Waals surface area contributed by atoms with Gasteiger partial charge in [-0.3, -0.25) is 0 Å². The molecule has 96 valence electrons. The van der Waals surface area contributed by atoms with Crippen molar-refractivity contribution in [1.82, 2.24) is 5.32 Å². The third-order valence-electron chi connectivity index (χ3n) is 3.51. The molecule has 3 N–H and O–H groups in total. The summed E-state index contributed by atoms with van der Waals surface area (Å²) in [5.41, 5.74) is 5.78. The zero-order chi connectivity index (χ0) is 12.0. The van der Waals surface area contributed by atoms with E-state index in [1.807, 2.05) is 0 Å². The molecule has 3 atom stereocenters. The zero-order valence-corrected chi connectivity index (χ0v) is 11.0. The lowest BCUT2D eigenvalue weighted by molar-refractivity contribution is 0.105. The molecule has 0 amide bonds. The lowest BCUT2D eigenvalue weighted by Crippen LogP contribution is -2.34. The van der Waals surface area contributed by atoms with Crippen LogP contribution in [0.25, 0.3) is 0 Å². The highest BCUT2D eigenvalue weighted by atomic mass is 16.5. The van der Waals surface area contributed by atoms with Gasteiger partial charge >= 0.3 is 0 Å². The minimum absolute atomic E-state index is 0.425. The molecule has 3 nitrogen and oxygen atoms in total. The molecule has 1 fully saturated rings. The number of rotatable bonds is 7. The summed E-state index contributed by atoms with van der Waals surface area (Å²) in [7, 11) is 0. The van der Waals surface area contributed by atoms with Crippen LogP contribution in [0.4, 0.5) is 0 Å². The first-order chi connectivity index (χ1) is 7.63. The summed E-state index contributed by atoms with van der Waals surface area (Å²) in [4.78, 5) is 0. The molecule has 3 heteroatoms. The third kappa shape index (κ3) is 4.81. The van der Waals surface area contributed by atoms with Gasteiger partial charge in [0.2, 0.25) is 0 Å². The molecule has 0 aromatic carbocycles. The maximum atomic E-state index is 5.78. The van der Waals surface area contributed by atoms with Crippen LogP contribution in [0.5, 0.6) is 0 Å². The van der Waals surface area contributed by atoms with E-state index in [9.17, 15) is 0 Å². The second-order valence-electron chi connectivity index (χ2n) is 5.51. The van der Waals surface area contributed by atoms with Crippen molar-refractivity contribution < 1.29 is 4.74 Å². The van der Waals surface area contributed by atoms with Crippen molar-refractivity contribution in [3.63, 3.8) is 0 Å². The fourth-order valence-corrected chi connectivity index (χ4v) is 2.45. The van der Waals surface area contributed by atoms with E-state index in [2.05, 4.69) is 26.1 Å². The van der Waals surface area contributed by atoms with Crippen LogP contribution in [0.3, 0.4) is 0 Å². The fraction of sp³-hybridized carbons (Fsp3) is 1.00. The Balaban J connectivity index is 2.12. The van der Waals surface area contributed by atoms with Crippen LogP contribution in [0, 0.1) is 17.8 Å². The SMILES string of the molecule is CC(C)CC(CN)CNCC1CCOC1C. The van der Waals surface area contributed by atoms with E-state index < -0.39 is 0 Å². The van der Waals surface area contributed by atoms with Crippen LogP contribution < -0.4 is 11.1 Å². The summed E-state index contributed by atoms with van der Waals surface area (Å²) in [6, 6.07) is 0. The molecule has 1 rings (SSSR count). The highest BCUT2D eigenvalue weighted by molar-refractivity contribution is 4.75. The zero-order valence-electron chi connectivity index (χ0n) is 11.0. The van der Waals surface area contributed by atoms with Crippen LogP contribution in [0.15, 0.2) is 0 Å². The molecular formula is C13H28N2O. The highest BCUT2D eigenvalue weighted by Gasteiger charge is 2.23. The van der Waals surface area contributed by atoms with Gasteiger partial charge in [0.1, 0.15) is 0 Å². The van der Waals surface area contributed by atoms with Gasteiger partial charge in [-0.15, -0.1) is 0 Å². The summed E-state index contributed by atoms with van der Waals surface area (Å²) < 4.78 is 5.55. The molecule has 1 aliphatic heterocycles. The molecule has 3 unspecified atom stereocenters. The largest absolute Gasteiger partial charge is 0.378 e. The molecule has 0 aromatic heterocycles. The van der Waals surface area contributed by atoms with Crippen LogP contribution in [0.1, 0.15) is 33.6 Å². The molecule has 0 spiro atoms. The first kappa shape index (κ1) is 13.9. The van der Waals surface area contributed by atoms with Crippen molar-refractivity contribution in [2.24, 2.45) is 23.5 Å².